The van der Waals surface area contributed by atoms with Gasteiger partial charge in [-0.05, 0) is 26.0 Å². The van der Waals surface area contributed by atoms with Crippen molar-refractivity contribution in [3.05, 3.63) is 23.7 Å². The minimum atomic E-state index is -2.51. The zero-order valence-electron chi connectivity index (χ0n) is 11.0. The van der Waals surface area contributed by atoms with Gasteiger partial charge in [-0.25, -0.2) is 0 Å². The summed E-state index contributed by atoms with van der Waals surface area (Å²) in [6.45, 7) is 3.13. The lowest BCUT2D eigenvalue weighted by atomic mass is 10.0. The van der Waals surface area contributed by atoms with Crippen LogP contribution in [0.25, 0.3) is 0 Å². The summed E-state index contributed by atoms with van der Waals surface area (Å²) in [5.41, 5.74) is -0.937. The van der Waals surface area contributed by atoms with E-state index in [1.807, 2.05) is 0 Å². The SMILES string of the molecule is CC(C)(CC(=O)O)NC(=O)c1ccc(CSC(F)F)o1. The van der Waals surface area contributed by atoms with Crippen molar-refractivity contribution in [2.75, 3.05) is 0 Å². The summed E-state index contributed by atoms with van der Waals surface area (Å²) in [5.74, 6) is -3.94. The molecule has 8 heteroatoms. The number of amides is 1. The standard InChI is InChI=1S/C12H15F2NO4S/c1-12(2,5-9(16)17)15-10(18)8-4-3-7(19-8)6-20-11(13)14/h3-4,11H,5-6H2,1-2H3,(H,15,18)(H,16,17). The third-order valence-corrected chi connectivity index (χ3v) is 2.99. The van der Waals surface area contributed by atoms with Gasteiger partial charge in [-0.3, -0.25) is 9.59 Å². The van der Waals surface area contributed by atoms with Gasteiger partial charge in [-0.15, -0.1) is 0 Å². The fourth-order valence-electron chi connectivity index (χ4n) is 1.51. The maximum absolute atomic E-state index is 12.0. The van der Waals surface area contributed by atoms with Crippen LogP contribution in [0, 0.1) is 0 Å². The lowest BCUT2D eigenvalue weighted by Crippen LogP contribution is -2.44. The van der Waals surface area contributed by atoms with Crippen molar-refractivity contribution in [1.29, 1.82) is 0 Å². The molecule has 1 aromatic rings. The molecule has 0 aliphatic carbocycles. The van der Waals surface area contributed by atoms with Crippen LogP contribution in [0.5, 0.6) is 0 Å². The molecule has 1 amide bonds. The minimum absolute atomic E-state index is 0.0340. The molecule has 2 N–H and O–H groups in total. The predicted molar refractivity (Wildman–Crippen MR) is 69.8 cm³/mol. The third-order valence-electron chi connectivity index (χ3n) is 2.28. The van der Waals surface area contributed by atoms with Crippen molar-refractivity contribution in [3.63, 3.8) is 0 Å². The fourth-order valence-corrected chi connectivity index (χ4v) is 1.96. The fraction of sp³-hybridized carbons (Fsp3) is 0.500. The van der Waals surface area contributed by atoms with Gasteiger partial charge in [-0.2, -0.15) is 8.78 Å². The first-order valence-electron chi connectivity index (χ1n) is 5.72. The van der Waals surface area contributed by atoms with Gasteiger partial charge in [-0.1, -0.05) is 11.8 Å². The van der Waals surface area contributed by atoms with E-state index in [1.165, 1.54) is 12.1 Å². The number of furan rings is 1. The predicted octanol–water partition coefficient (Wildman–Crippen LogP) is 2.72. The van der Waals surface area contributed by atoms with Gasteiger partial charge >= 0.3 is 5.97 Å². The Morgan fingerprint density at radius 2 is 2.10 bits per heavy atom. The first-order valence-corrected chi connectivity index (χ1v) is 6.77. The Hall–Kier alpha value is -1.57. The number of aliphatic carboxylic acids is 1. The van der Waals surface area contributed by atoms with Crippen LogP contribution in [0.4, 0.5) is 8.78 Å². The molecule has 0 fully saturated rings. The van der Waals surface area contributed by atoms with E-state index in [-0.39, 0.29) is 23.7 Å². The van der Waals surface area contributed by atoms with Crippen LogP contribution in [0.15, 0.2) is 16.5 Å². The van der Waals surface area contributed by atoms with Crippen molar-refractivity contribution in [2.45, 2.75) is 37.3 Å². The van der Waals surface area contributed by atoms with Gasteiger partial charge in [0.1, 0.15) is 5.76 Å². The number of carboxylic acid groups (broad SMARTS) is 1. The van der Waals surface area contributed by atoms with E-state index in [0.29, 0.717) is 11.8 Å². The van der Waals surface area contributed by atoms with E-state index >= 15 is 0 Å². The van der Waals surface area contributed by atoms with Crippen LogP contribution in [-0.2, 0) is 10.5 Å². The van der Waals surface area contributed by atoms with Gasteiger partial charge in [0.25, 0.3) is 11.7 Å². The highest BCUT2D eigenvalue weighted by molar-refractivity contribution is 7.98. The molecule has 0 unspecified atom stereocenters. The second-order valence-electron chi connectivity index (χ2n) is 4.75. The molecule has 0 aromatic carbocycles. The highest BCUT2D eigenvalue weighted by Gasteiger charge is 2.25. The lowest BCUT2D eigenvalue weighted by molar-refractivity contribution is -0.138. The van der Waals surface area contributed by atoms with E-state index in [2.05, 4.69) is 5.32 Å². The molecule has 112 valence electrons. The number of alkyl halides is 2. The zero-order valence-corrected chi connectivity index (χ0v) is 11.8. The van der Waals surface area contributed by atoms with Crippen molar-refractivity contribution in [1.82, 2.24) is 5.32 Å². The monoisotopic (exact) mass is 307 g/mol. The van der Waals surface area contributed by atoms with Crippen molar-refractivity contribution < 1.29 is 27.9 Å². The Bertz CT molecular complexity index is 488. The minimum Gasteiger partial charge on any atom is -0.481 e. The van der Waals surface area contributed by atoms with Gasteiger partial charge in [0.2, 0.25) is 0 Å². The second-order valence-corrected chi connectivity index (χ2v) is 5.72. The van der Waals surface area contributed by atoms with Crippen LogP contribution in [0.1, 0.15) is 36.6 Å². The van der Waals surface area contributed by atoms with E-state index < -0.39 is 23.2 Å². The molecule has 0 saturated carbocycles. The van der Waals surface area contributed by atoms with E-state index in [4.69, 9.17) is 9.52 Å². The molecule has 0 aliphatic rings. The van der Waals surface area contributed by atoms with Crippen LogP contribution >= 0.6 is 11.8 Å². The van der Waals surface area contributed by atoms with E-state index in [9.17, 15) is 18.4 Å². The molecule has 1 heterocycles. The zero-order chi connectivity index (χ0) is 15.3. The smallest absolute Gasteiger partial charge is 0.305 e. The summed E-state index contributed by atoms with van der Waals surface area (Å²) in [4.78, 5) is 22.5. The molecule has 0 radical (unpaired) electrons. The summed E-state index contributed by atoms with van der Waals surface area (Å²) in [7, 11) is 0. The maximum Gasteiger partial charge on any atom is 0.305 e. The average molecular weight is 307 g/mol. The Kier molecular flexibility index (Phi) is 5.55. The molecule has 0 aliphatic heterocycles. The number of carboxylic acids is 1. The number of rotatable bonds is 7. The summed E-state index contributed by atoms with van der Waals surface area (Å²) in [5, 5.41) is 11.2. The van der Waals surface area contributed by atoms with E-state index in [0.717, 1.165) is 0 Å². The quantitative estimate of drug-likeness (QED) is 0.809. The molecule has 0 saturated heterocycles. The topological polar surface area (TPSA) is 79.5 Å². The summed E-state index contributed by atoms with van der Waals surface area (Å²) >= 11 is 0.394. The maximum atomic E-state index is 12.0. The number of carbonyl (C=O) groups excluding carboxylic acids is 1. The van der Waals surface area contributed by atoms with Crippen molar-refractivity contribution in [2.24, 2.45) is 0 Å². The molecule has 0 atom stereocenters. The summed E-state index contributed by atoms with van der Waals surface area (Å²) in [6, 6.07) is 2.81. The normalized spacial score (nSPS) is 11.7. The van der Waals surface area contributed by atoms with Crippen LogP contribution < -0.4 is 5.32 Å². The van der Waals surface area contributed by atoms with Gasteiger partial charge in [0.15, 0.2) is 5.76 Å². The number of thioether (sulfide) groups is 1. The second kappa shape index (κ2) is 6.74. The molecular weight excluding hydrogens is 292 g/mol. The molecular formula is C12H15F2NO4S. The number of halogens is 2. The van der Waals surface area contributed by atoms with Gasteiger partial charge in [0, 0.05) is 5.54 Å². The van der Waals surface area contributed by atoms with Crippen LogP contribution in [0.2, 0.25) is 0 Å². The first kappa shape index (κ1) is 16.5. The molecule has 5 nitrogen and oxygen atoms in total. The Labute approximate surface area is 118 Å². The molecule has 0 spiro atoms. The lowest BCUT2D eigenvalue weighted by Gasteiger charge is -2.23. The van der Waals surface area contributed by atoms with Gasteiger partial charge < -0.3 is 14.8 Å². The van der Waals surface area contributed by atoms with Crippen LogP contribution in [-0.4, -0.2) is 28.3 Å². The summed E-state index contributed by atoms with van der Waals surface area (Å²) in [6.07, 6.45) is -0.243. The first-order chi connectivity index (χ1) is 9.19. The number of hydrogen-bond donors (Lipinski definition) is 2. The number of nitrogens with one attached hydrogen (secondary N) is 1. The van der Waals surface area contributed by atoms with Crippen LogP contribution in [0.3, 0.4) is 0 Å². The highest BCUT2D eigenvalue weighted by atomic mass is 32.2. The Balaban J connectivity index is 2.62. The summed E-state index contributed by atoms with van der Waals surface area (Å²) < 4.78 is 29.2. The molecule has 1 aromatic heterocycles. The number of hydrogen-bond acceptors (Lipinski definition) is 4. The number of carbonyl (C=O) groups is 2. The molecule has 20 heavy (non-hydrogen) atoms. The van der Waals surface area contributed by atoms with Crippen molar-refractivity contribution in [3.8, 4) is 0 Å². The molecule has 0 bridgehead atoms. The average Bonchev–Trinajstić information content (AvgIpc) is 2.72. The van der Waals surface area contributed by atoms with Gasteiger partial charge in [0.05, 0.1) is 12.2 Å². The Morgan fingerprint density at radius 3 is 2.65 bits per heavy atom. The highest BCUT2D eigenvalue weighted by Crippen LogP contribution is 2.21. The van der Waals surface area contributed by atoms with E-state index in [1.54, 1.807) is 13.8 Å². The largest absolute Gasteiger partial charge is 0.481 e. The molecule has 1 rings (SSSR count). The van der Waals surface area contributed by atoms with Crippen molar-refractivity contribution >= 4 is 23.6 Å². The Morgan fingerprint density at radius 1 is 1.45 bits per heavy atom. The third kappa shape index (κ3) is 5.60.